The third-order valence-corrected chi connectivity index (χ3v) is 7.31. The molecule has 1 aliphatic rings. The van der Waals surface area contributed by atoms with Crippen molar-refractivity contribution >= 4 is 38.0 Å². The summed E-state index contributed by atoms with van der Waals surface area (Å²) in [6.07, 6.45) is 1.97. The third-order valence-electron chi connectivity index (χ3n) is 4.05. The minimum Gasteiger partial charge on any atom is -0.298 e. The van der Waals surface area contributed by atoms with Gasteiger partial charge in [-0.05, 0) is 38.8 Å². The molecule has 1 amide bonds. The molecule has 1 aromatic carbocycles. The van der Waals surface area contributed by atoms with E-state index in [-0.39, 0.29) is 16.2 Å². The molecule has 25 heavy (non-hydrogen) atoms. The fourth-order valence-electron chi connectivity index (χ4n) is 2.64. The number of carbonyl (C=O) groups excluding carboxylic acids is 2. The molecule has 6 nitrogen and oxygen atoms in total. The maximum absolute atomic E-state index is 12.6. The standard InChI is InChI=1S/C17H18N2O4S2/c1-10(2)25(22,23)14-9-4-3-6-11(14)16(21)19-17-18-12-7-5-8-13(20)15(12)24-17/h3-4,6,9-10H,5,7-8H2,1-2H3,(H,18,19,21). The van der Waals surface area contributed by atoms with Gasteiger partial charge >= 0.3 is 0 Å². The second-order valence-corrected chi connectivity index (χ2v) is 9.59. The number of nitrogens with one attached hydrogen (secondary N) is 1. The van der Waals surface area contributed by atoms with Crippen LogP contribution < -0.4 is 5.32 Å². The molecular formula is C17H18N2O4S2. The normalized spacial score (nSPS) is 14.4. The quantitative estimate of drug-likeness (QED) is 0.882. The van der Waals surface area contributed by atoms with Crippen molar-refractivity contribution in [3.05, 3.63) is 40.4 Å². The van der Waals surface area contributed by atoms with Crippen molar-refractivity contribution in [1.82, 2.24) is 4.98 Å². The van der Waals surface area contributed by atoms with Gasteiger partial charge in [0.2, 0.25) is 0 Å². The minimum atomic E-state index is -3.59. The molecule has 3 rings (SSSR count). The Morgan fingerprint density at radius 3 is 2.64 bits per heavy atom. The highest BCUT2D eigenvalue weighted by molar-refractivity contribution is 7.92. The van der Waals surface area contributed by atoms with Crippen molar-refractivity contribution < 1.29 is 18.0 Å². The highest BCUT2D eigenvalue weighted by atomic mass is 32.2. The average molecular weight is 378 g/mol. The zero-order valence-corrected chi connectivity index (χ0v) is 15.5. The van der Waals surface area contributed by atoms with E-state index in [1.54, 1.807) is 26.0 Å². The van der Waals surface area contributed by atoms with Gasteiger partial charge in [0.25, 0.3) is 5.91 Å². The summed E-state index contributed by atoms with van der Waals surface area (Å²) >= 11 is 1.14. The number of thiazole rings is 1. The molecule has 0 radical (unpaired) electrons. The lowest BCUT2D eigenvalue weighted by molar-refractivity contribution is 0.0975. The van der Waals surface area contributed by atoms with Crippen molar-refractivity contribution in [3.63, 3.8) is 0 Å². The molecule has 0 atom stereocenters. The largest absolute Gasteiger partial charge is 0.298 e. The van der Waals surface area contributed by atoms with Gasteiger partial charge in [-0.2, -0.15) is 0 Å². The van der Waals surface area contributed by atoms with Crippen molar-refractivity contribution in [2.75, 3.05) is 5.32 Å². The van der Waals surface area contributed by atoms with Crippen molar-refractivity contribution in [2.45, 2.75) is 43.3 Å². The summed E-state index contributed by atoms with van der Waals surface area (Å²) in [5.74, 6) is -0.500. The van der Waals surface area contributed by atoms with Gasteiger partial charge in [-0.25, -0.2) is 13.4 Å². The van der Waals surface area contributed by atoms with Crippen molar-refractivity contribution in [3.8, 4) is 0 Å². The van der Waals surface area contributed by atoms with E-state index in [1.165, 1.54) is 12.1 Å². The van der Waals surface area contributed by atoms with Crippen molar-refractivity contribution in [2.24, 2.45) is 0 Å². The van der Waals surface area contributed by atoms with E-state index in [0.717, 1.165) is 17.8 Å². The number of aromatic nitrogens is 1. The van der Waals surface area contributed by atoms with Crippen LogP contribution in [-0.4, -0.2) is 30.3 Å². The lowest BCUT2D eigenvalue weighted by atomic mass is 10.0. The van der Waals surface area contributed by atoms with Crippen LogP contribution in [0.15, 0.2) is 29.2 Å². The molecule has 132 valence electrons. The van der Waals surface area contributed by atoms with Gasteiger partial charge in [-0.3, -0.25) is 14.9 Å². The van der Waals surface area contributed by atoms with Gasteiger partial charge in [0.1, 0.15) is 0 Å². The topological polar surface area (TPSA) is 93.2 Å². The first-order valence-electron chi connectivity index (χ1n) is 7.98. The molecule has 1 aliphatic carbocycles. The number of amides is 1. The van der Waals surface area contributed by atoms with Gasteiger partial charge in [0, 0.05) is 6.42 Å². The van der Waals surface area contributed by atoms with Gasteiger partial charge in [0.15, 0.2) is 20.8 Å². The van der Waals surface area contributed by atoms with Gasteiger partial charge in [0.05, 0.1) is 26.3 Å². The fourth-order valence-corrected chi connectivity index (χ4v) is 4.86. The van der Waals surface area contributed by atoms with E-state index in [1.807, 2.05) is 0 Å². The van der Waals surface area contributed by atoms with E-state index in [4.69, 9.17) is 0 Å². The number of hydrogen-bond acceptors (Lipinski definition) is 6. The molecule has 0 unspecified atom stereocenters. The number of aryl methyl sites for hydroxylation is 1. The number of fused-ring (bicyclic) bond motifs is 1. The SMILES string of the molecule is CC(C)S(=O)(=O)c1ccccc1C(=O)Nc1nc2c(s1)C(=O)CCC2. The van der Waals surface area contributed by atoms with E-state index >= 15 is 0 Å². The van der Waals surface area contributed by atoms with Crippen LogP contribution in [0.1, 0.15) is 52.4 Å². The lowest BCUT2D eigenvalue weighted by Gasteiger charge is -2.12. The molecule has 1 heterocycles. The number of sulfone groups is 1. The zero-order valence-electron chi connectivity index (χ0n) is 13.9. The molecule has 1 N–H and O–H groups in total. The van der Waals surface area contributed by atoms with Crippen molar-refractivity contribution in [1.29, 1.82) is 0 Å². The van der Waals surface area contributed by atoms with Crippen LogP contribution in [0.3, 0.4) is 0 Å². The summed E-state index contributed by atoms with van der Waals surface area (Å²) in [5.41, 5.74) is 0.787. The van der Waals surface area contributed by atoms with Crippen LogP contribution in [-0.2, 0) is 16.3 Å². The molecule has 0 bridgehead atoms. The summed E-state index contributed by atoms with van der Waals surface area (Å²) in [5, 5.41) is 2.33. The van der Waals surface area contributed by atoms with E-state index in [9.17, 15) is 18.0 Å². The zero-order chi connectivity index (χ0) is 18.2. The first-order chi connectivity index (χ1) is 11.8. The number of anilines is 1. The monoisotopic (exact) mass is 378 g/mol. The predicted octanol–water partition coefficient (Wildman–Crippen LogP) is 3.10. The van der Waals surface area contributed by atoms with E-state index in [0.29, 0.717) is 28.5 Å². The maximum atomic E-state index is 12.6. The number of hydrogen-bond donors (Lipinski definition) is 1. The molecular weight excluding hydrogens is 360 g/mol. The Morgan fingerprint density at radius 1 is 1.24 bits per heavy atom. The highest BCUT2D eigenvalue weighted by Gasteiger charge is 2.27. The number of carbonyl (C=O) groups is 2. The van der Waals surface area contributed by atoms with Crippen LogP contribution in [0.25, 0.3) is 0 Å². The summed E-state index contributed by atoms with van der Waals surface area (Å²) in [6.45, 7) is 3.15. The van der Waals surface area contributed by atoms with E-state index < -0.39 is 21.0 Å². The molecule has 0 fully saturated rings. The molecule has 0 saturated carbocycles. The second-order valence-electron chi connectivity index (χ2n) is 6.12. The fraction of sp³-hybridized carbons (Fsp3) is 0.353. The Morgan fingerprint density at radius 2 is 1.96 bits per heavy atom. The molecule has 8 heteroatoms. The number of Topliss-reactive ketones (excluding diaryl/α,β-unsaturated/α-hetero) is 1. The number of ketones is 1. The molecule has 2 aromatic rings. The van der Waals surface area contributed by atoms with Crippen LogP contribution in [0, 0.1) is 0 Å². The Kier molecular flexibility index (Phi) is 4.75. The molecule has 0 aliphatic heterocycles. The lowest BCUT2D eigenvalue weighted by Crippen LogP contribution is -2.20. The van der Waals surface area contributed by atoms with Crippen LogP contribution >= 0.6 is 11.3 Å². The summed E-state index contributed by atoms with van der Waals surface area (Å²) < 4.78 is 24.9. The number of rotatable bonds is 4. The molecule has 1 aromatic heterocycles. The summed E-state index contributed by atoms with van der Waals surface area (Å²) in [6, 6.07) is 6.11. The van der Waals surface area contributed by atoms with Gasteiger partial charge in [-0.1, -0.05) is 23.5 Å². The average Bonchev–Trinajstić information content (AvgIpc) is 2.98. The number of nitrogens with zero attached hydrogens (tertiary/aromatic N) is 1. The van der Waals surface area contributed by atoms with E-state index in [2.05, 4.69) is 10.3 Å². The Balaban J connectivity index is 1.92. The Hall–Kier alpha value is -2.06. The molecule has 0 spiro atoms. The summed E-state index contributed by atoms with van der Waals surface area (Å²) in [4.78, 5) is 29.4. The minimum absolute atomic E-state index is 0.0000965. The first kappa shape index (κ1) is 17.8. The second kappa shape index (κ2) is 6.68. The van der Waals surface area contributed by atoms with Gasteiger partial charge in [-0.15, -0.1) is 0 Å². The van der Waals surface area contributed by atoms with Crippen LogP contribution in [0.2, 0.25) is 0 Å². The summed E-state index contributed by atoms with van der Waals surface area (Å²) in [7, 11) is -3.59. The molecule has 0 saturated heterocycles. The smallest absolute Gasteiger partial charge is 0.258 e. The Labute approximate surface area is 150 Å². The maximum Gasteiger partial charge on any atom is 0.258 e. The van der Waals surface area contributed by atoms with Crippen LogP contribution in [0.5, 0.6) is 0 Å². The predicted molar refractivity (Wildman–Crippen MR) is 96.1 cm³/mol. The first-order valence-corrected chi connectivity index (χ1v) is 10.3. The van der Waals surface area contributed by atoms with Crippen LogP contribution in [0.4, 0.5) is 5.13 Å². The third kappa shape index (κ3) is 3.36. The Bertz CT molecular complexity index is 945. The number of benzene rings is 1. The highest BCUT2D eigenvalue weighted by Crippen LogP contribution is 2.30. The van der Waals surface area contributed by atoms with Gasteiger partial charge < -0.3 is 0 Å².